The van der Waals surface area contributed by atoms with Gasteiger partial charge < -0.3 is 15.5 Å². The number of urea groups is 1. The Hall–Kier alpha value is -3.56. The van der Waals surface area contributed by atoms with Crippen LogP contribution < -0.4 is 20.3 Å². The lowest BCUT2D eigenvalue weighted by Crippen LogP contribution is -2.53. The number of hydrogen-bond acceptors (Lipinski definition) is 4. The van der Waals surface area contributed by atoms with Crippen LogP contribution in [0.5, 0.6) is 0 Å². The Morgan fingerprint density at radius 3 is 2.37 bits per heavy atom. The van der Waals surface area contributed by atoms with Crippen LogP contribution in [-0.4, -0.2) is 39.2 Å². The molecule has 35 heavy (non-hydrogen) atoms. The van der Waals surface area contributed by atoms with Crippen molar-refractivity contribution >= 4 is 50.6 Å². The molecule has 8 nitrogen and oxygen atoms in total. The van der Waals surface area contributed by atoms with Gasteiger partial charge in [-0.15, -0.1) is 0 Å². The quantitative estimate of drug-likeness (QED) is 0.445. The standard InChI is InChI=1S/C25H25ClN4O4S/c1-35(33,34)29-22-6-3-2-5-21(22)17-8-14-20(15-9-17)30-16-4-7-23(24(30)31)28-25(32)27-19-12-10-18(26)11-13-19/h2-3,5-6,8-15,23,29H,4,7,16H2,1H3,(H2,27,28,32)/t23-/m1/s1. The fraction of sp³-hybridized carbons (Fsp3) is 0.200. The van der Waals surface area contributed by atoms with E-state index in [0.717, 1.165) is 23.8 Å². The third kappa shape index (κ3) is 6.32. The summed E-state index contributed by atoms with van der Waals surface area (Å²) in [7, 11) is -3.43. The second-order valence-corrected chi connectivity index (χ2v) is 10.4. The molecule has 3 N–H and O–H groups in total. The maximum Gasteiger partial charge on any atom is 0.319 e. The molecule has 3 aromatic rings. The molecule has 182 valence electrons. The zero-order valence-electron chi connectivity index (χ0n) is 19.0. The first-order valence-corrected chi connectivity index (χ1v) is 13.3. The first-order chi connectivity index (χ1) is 16.7. The highest BCUT2D eigenvalue weighted by Gasteiger charge is 2.31. The Morgan fingerprint density at radius 2 is 1.69 bits per heavy atom. The summed E-state index contributed by atoms with van der Waals surface area (Å²) in [6.45, 7) is 0.543. The molecule has 4 rings (SSSR count). The second-order valence-electron chi connectivity index (χ2n) is 8.26. The van der Waals surface area contributed by atoms with Gasteiger partial charge in [-0.05, 0) is 60.9 Å². The zero-order chi connectivity index (χ0) is 25.0. The lowest BCUT2D eigenvalue weighted by molar-refractivity contribution is -0.121. The van der Waals surface area contributed by atoms with Crippen molar-refractivity contribution in [3.05, 3.63) is 77.8 Å². The lowest BCUT2D eigenvalue weighted by atomic mass is 10.0. The maximum atomic E-state index is 13.1. The average molecular weight is 513 g/mol. The lowest BCUT2D eigenvalue weighted by Gasteiger charge is -2.32. The van der Waals surface area contributed by atoms with Crippen molar-refractivity contribution in [3.8, 4) is 11.1 Å². The Morgan fingerprint density at radius 1 is 1.00 bits per heavy atom. The summed E-state index contributed by atoms with van der Waals surface area (Å²) >= 11 is 5.87. The summed E-state index contributed by atoms with van der Waals surface area (Å²) in [6.07, 6.45) is 2.39. The first kappa shape index (κ1) is 24.6. The molecular formula is C25H25ClN4O4S. The summed E-state index contributed by atoms with van der Waals surface area (Å²) in [4.78, 5) is 27.2. The number of nitrogens with zero attached hydrogens (tertiary/aromatic N) is 1. The van der Waals surface area contributed by atoms with Crippen molar-refractivity contribution in [1.29, 1.82) is 0 Å². The second kappa shape index (κ2) is 10.4. The number of hydrogen-bond donors (Lipinski definition) is 3. The van der Waals surface area contributed by atoms with Gasteiger partial charge in [-0.3, -0.25) is 9.52 Å². The number of para-hydroxylation sites is 1. The molecule has 1 aliphatic heterocycles. The minimum Gasteiger partial charge on any atom is -0.326 e. The van der Waals surface area contributed by atoms with E-state index in [1.54, 1.807) is 41.3 Å². The molecule has 1 fully saturated rings. The predicted octanol–water partition coefficient (Wildman–Crippen LogP) is 4.70. The molecule has 1 heterocycles. The monoisotopic (exact) mass is 512 g/mol. The van der Waals surface area contributed by atoms with Gasteiger partial charge in [-0.25, -0.2) is 13.2 Å². The number of carbonyl (C=O) groups excluding carboxylic acids is 2. The molecule has 3 aromatic carbocycles. The Kier molecular flexibility index (Phi) is 7.28. The van der Waals surface area contributed by atoms with E-state index < -0.39 is 22.1 Å². The van der Waals surface area contributed by atoms with E-state index in [4.69, 9.17) is 11.6 Å². The van der Waals surface area contributed by atoms with E-state index in [0.29, 0.717) is 35.1 Å². The number of piperidine rings is 1. The molecule has 0 unspecified atom stereocenters. The van der Waals surface area contributed by atoms with Crippen LogP contribution >= 0.6 is 11.6 Å². The van der Waals surface area contributed by atoms with Gasteiger partial charge in [0.15, 0.2) is 0 Å². The molecule has 1 saturated heterocycles. The van der Waals surface area contributed by atoms with E-state index in [9.17, 15) is 18.0 Å². The van der Waals surface area contributed by atoms with Crippen LogP contribution in [0, 0.1) is 0 Å². The molecule has 0 aromatic heterocycles. The van der Waals surface area contributed by atoms with Crippen molar-refractivity contribution < 1.29 is 18.0 Å². The van der Waals surface area contributed by atoms with Crippen molar-refractivity contribution in [2.45, 2.75) is 18.9 Å². The molecule has 0 spiro atoms. The topological polar surface area (TPSA) is 108 Å². The van der Waals surface area contributed by atoms with Crippen molar-refractivity contribution in [1.82, 2.24) is 5.32 Å². The van der Waals surface area contributed by atoms with Crippen LogP contribution in [0.25, 0.3) is 11.1 Å². The van der Waals surface area contributed by atoms with Crippen LogP contribution in [0.4, 0.5) is 21.9 Å². The molecule has 0 radical (unpaired) electrons. The minimum absolute atomic E-state index is 0.186. The highest BCUT2D eigenvalue weighted by atomic mass is 35.5. The molecule has 0 bridgehead atoms. The van der Waals surface area contributed by atoms with E-state index >= 15 is 0 Å². The van der Waals surface area contributed by atoms with E-state index in [1.807, 2.05) is 36.4 Å². The van der Waals surface area contributed by atoms with Gasteiger partial charge in [-0.1, -0.05) is 41.9 Å². The van der Waals surface area contributed by atoms with Crippen LogP contribution in [0.2, 0.25) is 5.02 Å². The average Bonchev–Trinajstić information content (AvgIpc) is 2.81. The summed E-state index contributed by atoms with van der Waals surface area (Å²) in [5.41, 5.74) is 3.30. The number of halogens is 1. The highest BCUT2D eigenvalue weighted by molar-refractivity contribution is 7.92. The molecule has 3 amide bonds. The molecule has 0 saturated carbocycles. The van der Waals surface area contributed by atoms with Crippen LogP contribution in [0.1, 0.15) is 12.8 Å². The molecular weight excluding hydrogens is 488 g/mol. The van der Waals surface area contributed by atoms with Gasteiger partial charge in [-0.2, -0.15) is 0 Å². The van der Waals surface area contributed by atoms with Gasteiger partial charge in [0.2, 0.25) is 15.9 Å². The predicted molar refractivity (Wildman–Crippen MR) is 139 cm³/mol. The molecule has 1 aliphatic rings. The number of amides is 3. The number of anilines is 3. The number of carbonyl (C=O) groups is 2. The SMILES string of the molecule is CS(=O)(=O)Nc1ccccc1-c1ccc(N2CCC[C@@H](NC(=O)Nc3ccc(Cl)cc3)C2=O)cc1. The fourth-order valence-electron chi connectivity index (χ4n) is 3.97. The normalized spacial score (nSPS) is 16.0. The fourth-order valence-corrected chi connectivity index (χ4v) is 4.67. The molecule has 1 atom stereocenters. The zero-order valence-corrected chi connectivity index (χ0v) is 20.6. The summed E-state index contributed by atoms with van der Waals surface area (Å²) in [5, 5.41) is 6.03. The number of benzene rings is 3. The van der Waals surface area contributed by atoms with E-state index in [2.05, 4.69) is 15.4 Å². The van der Waals surface area contributed by atoms with Crippen molar-refractivity contribution in [2.24, 2.45) is 0 Å². The molecule has 10 heteroatoms. The first-order valence-electron chi connectivity index (χ1n) is 11.0. The van der Waals surface area contributed by atoms with Crippen LogP contribution in [-0.2, 0) is 14.8 Å². The van der Waals surface area contributed by atoms with Crippen molar-refractivity contribution in [2.75, 3.05) is 27.7 Å². The summed E-state index contributed by atoms with van der Waals surface area (Å²) in [6, 6.07) is 20.0. The number of rotatable bonds is 6. The smallest absolute Gasteiger partial charge is 0.319 e. The van der Waals surface area contributed by atoms with Gasteiger partial charge >= 0.3 is 6.03 Å². The van der Waals surface area contributed by atoms with E-state index in [-0.39, 0.29) is 5.91 Å². The largest absolute Gasteiger partial charge is 0.326 e. The van der Waals surface area contributed by atoms with Crippen molar-refractivity contribution in [3.63, 3.8) is 0 Å². The van der Waals surface area contributed by atoms with Gasteiger partial charge in [0.1, 0.15) is 6.04 Å². The Balaban J connectivity index is 1.45. The minimum atomic E-state index is -3.43. The Labute approximate surface area is 209 Å². The van der Waals surface area contributed by atoms with Gasteiger partial charge in [0.05, 0.1) is 11.9 Å². The maximum absolute atomic E-state index is 13.1. The Bertz CT molecular complexity index is 1330. The third-order valence-corrected chi connectivity index (χ3v) is 6.40. The van der Waals surface area contributed by atoms with Crippen LogP contribution in [0.15, 0.2) is 72.8 Å². The number of sulfonamides is 1. The summed E-state index contributed by atoms with van der Waals surface area (Å²) in [5.74, 6) is -0.186. The highest BCUT2D eigenvalue weighted by Crippen LogP contribution is 2.31. The summed E-state index contributed by atoms with van der Waals surface area (Å²) < 4.78 is 26.0. The van der Waals surface area contributed by atoms with Crippen LogP contribution in [0.3, 0.4) is 0 Å². The van der Waals surface area contributed by atoms with Gasteiger partial charge in [0.25, 0.3) is 0 Å². The van der Waals surface area contributed by atoms with Gasteiger partial charge in [0, 0.05) is 28.5 Å². The molecule has 0 aliphatic carbocycles. The third-order valence-electron chi connectivity index (χ3n) is 5.56. The van der Waals surface area contributed by atoms with E-state index in [1.165, 1.54) is 0 Å². The number of nitrogens with one attached hydrogen (secondary N) is 3.